The van der Waals surface area contributed by atoms with Crippen LogP contribution in [0.1, 0.15) is 20.8 Å². The Morgan fingerprint density at radius 3 is 2.60 bits per heavy atom. The normalized spacial score (nSPS) is 21.1. The summed E-state index contributed by atoms with van der Waals surface area (Å²) in [7, 11) is 0. The molecule has 1 saturated heterocycles. The number of carboxylic acids is 1. The van der Waals surface area contributed by atoms with Crippen LogP contribution in [0.3, 0.4) is 0 Å². The Hall–Kier alpha value is -0.650. The minimum Gasteiger partial charge on any atom is -0.480 e. The summed E-state index contributed by atoms with van der Waals surface area (Å²) in [6, 6.07) is 0.104. The first-order valence-corrected chi connectivity index (χ1v) is 5.14. The van der Waals surface area contributed by atoms with Gasteiger partial charge >= 0.3 is 5.97 Å². The Morgan fingerprint density at radius 2 is 2.27 bits per heavy atom. The van der Waals surface area contributed by atoms with Crippen LogP contribution in [0.25, 0.3) is 0 Å². The van der Waals surface area contributed by atoms with Gasteiger partial charge in [-0.25, -0.2) is 0 Å². The first-order chi connectivity index (χ1) is 6.94. The Labute approximate surface area is 89.8 Å². The second-order valence-electron chi connectivity index (χ2n) is 4.41. The number of hydrogen-bond acceptors (Lipinski definition) is 4. The minimum absolute atomic E-state index is 0.0534. The molecule has 1 rings (SSSR count). The van der Waals surface area contributed by atoms with Gasteiger partial charge in [-0.2, -0.15) is 0 Å². The lowest BCUT2D eigenvalue weighted by molar-refractivity contribution is -0.161. The second kappa shape index (κ2) is 4.92. The highest BCUT2D eigenvalue weighted by Gasteiger charge is 2.35. The van der Waals surface area contributed by atoms with Gasteiger partial charge in [0.25, 0.3) is 0 Å². The molecule has 0 spiro atoms. The van der Waals surface area contributed by atoms with Gasteiger partial charge in [-0.1, -0.05) is 0 Å². The lowest BCUT2D eigenvalue weighted by Crippen LogP contribution is -2.57. The Bertz CT molecular complexity index is 227. The second-order valence-corrected chi connectivity index (χ2v) is 4.41. The molecular formula is C10H19NO4. The van der Waals surface area contributed by atoms with Crippen molar-refractivity contribution in [3.8, 4) is 0 Å². The van der Waals surface area contributed by atoms with Gasteiger partial charge in [-0.15, -0.1) is 0 Å². The molecule has 1 aliphatic rings. The van der Waals surface area contributed by atoms with Crippen LogP contribution in [-0.4, -0.2) is 48.6 Å². The number of nitrogens with one attached hydrogen (secondary N) is 1. The summed E-state index contributed by atoms with van der Waals surface area (Å²) in [6.45, 7) is 6.75. The van der Waals surface area contributed by atoms with Crippen molar-refractivity contribution in [1.82, 2.24) is 5.32 Å². The van der Waals surface area contributed by atoms with Crippen molar-refractivity contribution in [3.05, 3.63) is 0 Å². The van der Waals surface area contributed by atoms with E-state index in [-0.39, 0.29) is 18.8 Å². The van der Waals surface area contributed by atoms with Gasteiger partial charge in [0.15, 0.2) is 0 Å². The van der Waals surface area contributed by atoms with Crippen molar-refractivity contribution in [2.24, 2.45) is 0 Å². The highest BCUT2D eigenvalue weighted by Crippen LogP contribution is 2.12. The summed E-state index contributed by atoms with van der Waals surface area (Å²) < 4.78 is 10.4. The van der Waals surface area contributed by atoms with Crippen molar-refractivity contribution in [2.75, 3.05) is 19.8 Å². The van der Waals surface area contributed by atoms with Crippen LogP contribution < -0.4 is 5.32 Å². The van der Waals surface area contributed by atoms with Crippen LogP contribution in [0.15, 0.2) is 0 Å². The van der Waals surface area contributed by atoms with Crippen molar-refractivity contribution >= 4 is 5.97 Å². The average molecular weight is 217 g/mol. The van der Waals surface area contributed by atoms with Crippen molar-refractivity contribution in [3.63, 3.8) is 0 Å². The fourth-order valence-corrected chi connectivity index (χ4v) is 1.40. The predicted molar refractivity (Wildman–Crippen MR) is 54.9 cm³/mol. The molecule has 5 heteroatoms. The molecule has 5 nitrogen and oxygen atoms in total. The molecule has 1 atom stereocenters. The van der Waals surface area contributed by atoms with Crippen molar-refractivity contribution < 1.29 is 19.4 Å². The smallest absolute Gasteiger partial charge is 0.326 e. The molecule has 0 bridgehead atoms. The van der Waals surface area contributed by atoms with Crippen LogP contribution in [0, 0.1) is 0 Å². The van der Waals surface area contributed by atoms with E-state index in [2.05, 4.69) is 5.32 Å². The number of aliphatic carboxylic acids is 1. The Morgan fingerprint density at radius 1 is 1.67 bits per heavy atom. The molecule has 0 amide bonds. The highest BCUT2D eigenvalue weighted by molar-refractivity contribution is 5.78. The highest BCUT2D eigenvalue weighted by atomic mass is 16.6. The Kier molecular flexibility index (Phi) is 4.07. The Balaban J connectivity index is 2.43. The fourth-order valence-electron chi connectivity index (χ4n) is 1.40. The van der Waals surface area contributed by atoms with Crippen LogP contribution in [0.5, 0.6) is 0 Å². The van der Waals surface area contributed by atoms with E-state index in [0.717, 1.165) is 0 Å². The van der Waals surface area contributed by atoms with E-state index in [0.29, 0.717) is 13.2 Å². The number of rotatable bonds is 6. The summed E-state index contributed by atoms with van der Waals surface area (Å²) in [6.07, 6.45) is 0.0534. The van der Waals surface area contributed by atoms with Gasteiger partial charge in [0.2, 0.25) is 0 Å². The van der Waals surface area contributed by atoms with E-state index in [4.69, 9.17) is 14.6 Å². The summed E-state index contributed by atoms with van der Waals surface area (Å²) >= 11 is 0. The molecule has 1 heterocycles. The summed E-state index contributed by atoms with van der Waals surface area (Å²) in [5.74, 6) is -0.892. The summed E-state index contributed by atoms with van der Waals surface area (Å²) in [5, 5.41) is 12.1. The molecule has 0 aromatic heterocycles. The minimum atomic E-state index is -1.02. The monoisotopic (exact) mass is 217 g/mol. The first-order valence-electron chi connectivity index (χ1n) is 5.14. The third-order valence-corrected chi connectivity index (χ3v) is 2.29. The van der Waals surface area contributed by atoms with Gasteiger partial charge in [-0.05, 0) is 20.8 Å². The molecule has 1 unspecified atom stereocenters. The maximum Gasteiger partial charge on any atom is 0.326 e. The van der Waals surface area contributed by atoms with Gasteiger partial charge in [0, 0.05) is 6.04 Å². The van der Waals surface area contributed by atoms with E-state index in [1.807, 2.05) is 13.8 Å². The van der Waals surface area contributed by atoms with Gasteiger partial charge in [-0.3, -0.25) is 10.1 Å². The van der Waals surface area contributed by atoms with E-state index in [1.54, 1.807) is 6.92 Å². The summed E-state index contributed by atoms with van der Waals surface area (Å²) in [5.41, 5.74) is -1.02. The lowest BCUT2D eigenvalue weighted by Gasteiger charge is -2.33. The number of ether oxygens (including phenoxy) is 2. The molecule has 1 aliphatic heterocycles. The molecule has 0 saturated carbocycles. The quantitative estimate of drug-likeness (QED) is 0.667. The maximum atomic E-state index is 11.1. The summed E-state index contributed by atoms with van der Waals surface area (Å²) in [4.78, 5) is 11.1. The van der Waals surface area contributed by atoms with Crippen LogP contribution in [-0.2, 0) is 14.3 Å². The van der Waals surface area contributed by atoms with E-state index in [9.17, 15) is 4.79 Å². The third-order valence-electron chi connectivity index (χ3n) is 2.29. The largest absolute Gasteiger partial charge is 0.480 e. The zero-order valence-corrected chi connectivity index (χ0v) is 9.45. The molecule has 1 fully saturated rings. The molecule has 0 aliphatic carbocycles. The van der Waals surface area contributed by atoms with Crippen LogP contribution in [0.4, 0.5) is 0 Å². The molecule has 0 radical (unpaired) electrons. The zero-order valence-electron chi connectivity index (χ0n) is 9.45. The van der Waals surface area contributed by atoms with E-state index < -0.39 is 11.5 Å². The van der Waals surface area contributed by atoms with Gasteiger partial charge in [0.05, 0.1) is 19.8 Å². The molecular weight excluding hydrogens is 198 g/mol. The molecule has 0 aromatic rings. The number of carbonyl (C=O) groups is 1. The van der Waals surface area contributed by atoms with E-state index in [1.165, 1.54) is 0 Å². The fraction of sp³-hybridized carbons (Fsp3) is 0.900. The third kappa shape index (κ3) is 3.44. The standard InChI is InChI=1S/C10H19NO4/c1-7(2)11-10(3,9(12)13)6-15-8-4-14-5-8/h7-8,11H,4-6H2,1-3H3,(H,12,13). The topological polar surface area (TPSA) is 67.8 Å². The van der Waals surface area contributed by atoms with E-state index >= 15 is 0 Å². The maximum absolute atomic E-state index is 11.1. The zero-order chi connectivity index (χ0) is 11.5. The average Bonchev–Trinajstić information content (AvgIpc) is 1.99. The van der Waals surface area contributed by atoms with Crippen molar-refractivity contribution in [2.45, 2.75) is 38.5 Å². The molecule has 2 N–H and O–H groups in total. The number of hydrogen-bond donors (Lipinski definition) is 2. The van der Waals surface area contributed by atoms with Crippen LogP contribution in [0.2, 0.25) is 0 Å². The SMILES string of the molecule is CC(C)NC(C)(COC1COC1)C(=O)O. The molecule has 88 valence electrons. The van der Waals surface area contributed by atoms with Crippen LogP contribution >= 0.6 is 0 Å². The molecule has 0 aromatic carbocycles. The van der Waals surface area contributed by atoms with Crippen molar-refractivity contribution in [1.29, 1.82) is 0 Å². The van der Waals surface area contributed by atoms with Gasteiger partial charge in [0.1, 0.15) is 11.6 Å². The lowest BCUT2D eigenvalue weighted by atomic mass is 10.0. The van der Waals surface area contributed by atoms with Gasteiger partial charge < -0.3 is 14.6 Å². The predicted octanol–water partition coefficient (Wildman–Crippen LogP) is 0.243. The number of carboxylic acid groups (broad SMARTS) is 1. The first kappa shape index (κ1) is 12.4. The molecule has 15 heavy (non-hydrogen) atoms.